The summed E-state index contributed by atoms with van der Waals surface area (Å²) in [5, 5.41) is 18.3. The van der Waals surface area contributed by atoms with Crippen LogP contribution in [0.25, 0.3) is 11.4 Å². The SMILES string of the molecule is CC(C)Cn1c(SCC(=O)c2ccc(C#N)cc2)nnc1-c1ccccc1. The van der Waals surface area contributed by atoms with Crippen LogP contribution in [0, 0.1) is 17.2 Å². The molecule has 6 heteroatoms. The van der Waals surface area contributed by atoms with Crippen LogP contribution in [0.3, 0.4) is 0 Å². The summed E-state index contributed by atoms with van der Waals surface area (Å²) in [4.78, 5) is 12.5. The molecular formula is C21H20N4OS. The first kappa shape index (κ1) is 18.9. The van der Waals surface area contributed by atoms with Gasteiger partial charge in [0, 0.05) is 17.7 Å². The number of benzene rings is 2. The second kappa shape index (κ2) is 8.65. The Kier molecular flexibility index (Phi) is 6.05. The smallest absolute Gasteiger partial charge is 0.191 e. The fourth-order valence-electron chi connectivity index (χ4n) is 2.67. The van der Waals surface area contributed by atoms with Gasteiger partial charge in [0.2, 0.25) is 0 Å². The van der Waals surface area contributed by atoms with Gasteiger partial charge in [0.25, 0.3) is 0 Å². The number of carbonyl (C=O) groups is 1. The van der Waals surface area contributed by atoms with E-state index in [1.165, 1.54) is 11.8 Å². The Morgan fingerprint density at radius 2 is 1.81 bits per heavy atom. The van der Waals surface area contributed by atoms with Crippen molar-refractivity contribution in [3.63, 3.8) is 0 Å². The number of nitrogens with zero attached hydrogens (tertiary/aromatic N) is 4. The third-order valence-electron chi connectivity index (χ3n) is 3.96. The summed E-state index contributed by atoms with van der Waals surface area (Å²) in [5.41, 5.74) is 2.15. The molecule has 0 aliphatic carbocycles. The monoisotopic (exact) mass is 376 g/mol. The van der Waals surface area contributed by atoms with E-state index in [0.717, 1.165) is 23.1 Å². The van der Waals surface area contributed by atoms with E-state index in [4.69, 9.17) is 5.26 Å². The number of hydrogen-bond acceptors (Lipinski definition) is 5. The molecule has 0 spiro atoms. The number of ketones is 1. The number of hydrogen-bond donors (Lipinski definition) is 0. The number of nitriles is 1. The van der Waals surface area contributed by atoms with E-state index in [0.29, 0.717) is 17.0 Å². The Hall–Kier alpha value is -2.91. The summed E-state index contributed by atoms with van der Waals surface area (Å²) in [6.07, 6.45) is 0. The van der Waals surface area contributed by atoms with Gasteiger partial charge in [-0.3, -0.25) is 4.79 Å². The lowest BCUT2D eigenvalue weighted by Crippen LogP contribution is -2.09. The molecule has 0 radical (unpaired) electrons. The van der Waals surface area contributed by atoms with Crippen LogP contribution < -0.4 is 0 Å². The quantitative estimate of drug-likeness (QED) is 0.450. The lowest BCUT2D eigenvalue weighted by Gasteiger charge is -2.12. The van der Waals surface area contributed by atoms with Gasteiger partial charge in [-0.2, -0.15) is 5.26 Å². The summed E-state index contributed by atoms with van der Waals surface area (Å²) >= 11 is 1.39. The van der Waals surface area contributed by atoms with Crippen molar-refractivity contribution in [1.29, 1.82) is 5.26 Å². The van der Waals surface area contributed by atoms with E-state index < -0.39 is 0 Å². The highest BCUT2D eigenvalue weighted by atomic mass is 32.2. The molecule has 0 aliphatic rings. The minimum Gasteiger partial charge on any atom is -0.302 e. The van der Waals surface area contributed by atoms with Gasteiger partial charge >= 0.3 is 0 Å². The zero-order valence-corrected chi connectivity index (χ0v) is 16.1. The number of Topliss-reactive ketones (excluding diaryl/α,β-unsaturated/α-hetero) is 1. The molecule has 0 atom stereocenters. The first-order valence-electron chi connectivity index (χ1n) is 8.73. The number of carbonyl (C=O) groups excluding carboxylic acids is 1. The zero-order valence-electron chi connectivity index (χ0n) is 15.3. The molecule has 0 fully saturated rings. The Morgan fingerprint density at radius 3 is 2.44 bits per heavy atom. The van der Waals surface area contributed by atoms with Crippen LogP contribution in [-0.2, 0) is 6.54 Å². The maximum Gasteiger partial charge on any atom is 0.191 e. The fourth-order valence-corrected chi connectivity index (χ4v) is 3.51. The lowest BCUT2D eigenvalue weighted by atomic mass is 10.1. The zero-order chi connectivity index (χ0) is 19.2. The van der Waals surface area contributed by atoms with E-state index in [2.05, 4.69) is 34.7 Å². The first-order valence-corrected chi connectivity index (χ1v) is 9.72. The highest BCUT2D eigenvalue weighted by Crippen LogP contribution is 2.25. The normalized spacial score (nSPS) is 10.7. The van der Waals surface area contributed by atoms with Crippen LogP contribution in [0.2, 0.25) is 0 Å². The van der Waals surface area contributed by atoms with Crippen molar-refractivity contribution < 1.29 is 4.79 Å². The molecule has 3 aromatic rings. The number of thioether (sulfide) groups is 1. The molecule has 0 unspecified atom stereocenters. The molecular weight excluding hydrogens is 356 g/mol. The van der Waals surface area contributed by atoms with Crippen molar-refractivity contribution in [3.05, 3.63) is 65.7 Å². The van der Waals surface area contributed by atoms with Crippen LogP contribution >= 0.6 is 11.8 Å². The maximum atomic E-state index is 12.5. The second-order valence-electron chi connectivity index (χ2n) is 6.58. The van der Waals surface area contributed by atoms with Gasteiger partial charge in [0.05, 0.1) is 17.4 Å². The molecule has 0 amide bonds. The highest BCUT2D eigenvalue weighted by molar-refractivity contribution is 7.99. The molecule has 27 heavy (non-hydrogen) atoms. The molecule has 1 heterocycles. The summed E-state index contributed by atoms with van der Waals surface area (Å²) in [7, 11) is 0. The molecule has 1 aromatic heterocycles. The Labute approximate surface area is 163 Å². The van der Waals surface area contributed by atoms with Gasteiger partial charge in [0.15, 0.2) is 16.8 Å². The summed E-state index contributed by atoms with van der Waals surface area (Å²) < 4.78 is 2.08. The lowest BCUT2D eigenvalue weighted by molar-refractivity contribution is 0.102. The molecule has 0 N–H and O–H groups in total. The van der Waals surface area contributed by atoms with Crippen LogP contribution in [-0.4, -0.2) is 26.3 Å². The first-order chi connectivity index (χ1) is 13.1. The van der Waals surface area contributed by atoms with Crippen molar-refractivity contribution in [3.8, 4) is 17.5 Å². The van der Waals surface area contributed by atoms with Crippen molar-refractivity contribution in [2.24, 2.45) is 5.92 Å². The van der Waals surface area contributed by atoms with Gasteiger partial charge in [0.1, 0.15) is 0 Å². The molecule has 0 bridgehead atoms. The average molecular weight is 376 g/mol. The molecule has 5 nitrogen and oxygen atoms in total. The van der Waals surface area contributed by atoms with E-state index in [1.54, 1.807) is 24.3 Å². The molecule has 0 saturated heterocycles. The van der Waals surface area contributed by atoms with E-state index in [-0.39, 0.29) is 11.5 Å². The number of aromatic nitrogens is 3. The number of rotatable bonds is 7. The third kappa shape index (κ3) is 4.63. The van der Waals surface area contributed by atoms with Crippen LogP contribution in [0.5, 0.6) is 0 Å². The van der Waals surface area contributed by atoms with E-state index in [1.807, 2.05) is 30.3 Å². The average Bonchev–Trinajstić information content (AvgIpc) is 3.08. The maximum absolute atomic E-state index is 12.5. The van der Waals surface area contributed by atoms with Crippen molar-refractivity contribution in [2.45, 2.75) is 25.5 Å². The Morgan fingerprint density at radius 1 is 1.11 bits per heavy atom. The van der Waals surface area contributed by atoms with E-state index in [9.17, 15) is 4.79 Å². The van der Waals surface area contributed by atoms with Gasteiger partial charge in [-0.15, -0.1) is 10.2 Å². The molecule has 0 saturated carbocycles. The van der Waals surface area contributed by atoms with Crippen LogP contribution in [0.4, 0.5) is 0 Å². The van der Waals surface area contributed by atoms with Gasteiger partial charge in [-0.05, 0) is 18.1 Å². The Bertz CT molecular complexity index is 956. The summed E-state index contributed by atoms with van der Waals surface area (Å²) in [6, 6.07) is 18.7. The van der Waals surface area contributed by atoms with Gasteiger partial charge in [-0.25, -0.2) is 0 Å². The van der Waals surface area contributed by atoms with Crippen LogP contribution in [0.15, 0.2) is 59.8 Å². The predicted octanol–water partition coefficient (Wildman–Crippen LogP) is 4.45. The Balaban J connectivity index is 1.79. The van der Waals surface area contributed by atoms with Crippen molar-refractivity contribution >= 4 is 17.5 Å². The fraction of sp³-hybridized carbons (Fsp3) is 0.238. The largest absolute Gasteiger partial charge is 0.302 e. The van der Waals surface area contributed by atoms with Crippen molar-refractivity contribution in [2.75, 3.05) is 5.75 Å². The van der Waals surface area contributed by atoms with Gasteiger partial charge in [-0.1, -0.05) is 68.1 Å². The third-order valence-corrected chi connectivity index (χ3v) is 4.93. The minimum absolute atomic E-state index is 0.00449. The second-order valence-corrected chi connectivity index (χ2v) is 7.52. The standard InChI is InChI=1S/C21H20N4OS/c1-15(2)13-25-20(18-6-4-3-5-7-18)23-24-21(25)27-14-19(26)17-10-8-16(12-22)9-11-17/h3-11,15H,13-14H2,1-2H3. The molecule has 3 rings (SSSR count). The highest BCUT2D eigenvalue weighted by Gasteiger charge is 2.17. The minimum atomic E-state index is 0.00449. The molecule has 0 aliphatic heterocycles. The summed E-state index contributed by atoms with van der Waals surface area (Å²) in [5.74, 6) is 1.52. The summed E-state index contributed by atoms with van der Waals surface area (Å²) in [6.45, 7) is 5.07. The molecule has 2 aromatic carbocycles. The predicted molar refractivity (Wildman–Crippen MR) is 107 cm³/mol. The van der Waals surface area contributed by atoms with E-state index >= 15 is 0 Å². The van der Waals surface area contributed by atoms with Crippen molar-refractivity contribution in [1.82, 2.24) is 14.8 Å². The topological polar surface area (TPSA) is 71.6 Å². The van der Waals surface area contributed by atoms with Gasteiger partial charge < -0.3 is 4.57 Å². The van der Waals surface area contributed by atoms with Crippen LogP contribution in [0.1, 0.15) is 29.8 Å². The molecule has 136 valence electrons.